The standard InChI is InChI=1S/C13H13BrN2O3/c14-12-9(3-4-17)15-13(16-12)8-1-2-10-11(7-8)19-6-5-18-10/h1-2,7,17H,3-6H2,(H,15,16). The number of aliphatic hydroxyl groups excluding tert-OH is 1. The van der Waals surface area contributed by atoms with Gasteiger partial charge in [-0.05, 0) is 34.1 Å². The highest BCUT2D eigenvalue weighted by Gasteiger charge is 2.15. The molecule has 0 spiro atoms. The van der Waals surface area contributed by atoms with Crippen LogP contribution in [0.25, 0.3) is 11.4 Å². The van der Waals surface area contributed by atoms with Crippen LogP contribution in [0.3, 0.4) is 0 Å². The Labute approximate surface area is 118 Å². The number of aromatic nitrogens is 2. The molecule has 100 valence electrons. The Morgan fingerprint density at radius 3 is 2.84 bits per heavy atom. The van der Waals surface area contributed by atoms with Gasteiger partial charge >= 0.3 is 0 Å². The molecule has 1 aliphatic rings. The molecule has 0 bridgehead atoms. The van der Waals surface area contributed by atoms with Crippen LogP contribution in [-0.4, -0.2) is 34.9 Å². The van der Waals surface area contributed by atoms with E-state index in [1.165, 1.54) is 0 Å². The van der Waals surface area contributed by atoms with Crippen LogP contribution >= 0.6 is 15.9 Å². The molecule has 1 aromatic carbocycles. The number of nitrogens with one attached hydrogen (secondary N) is 1. The zero-order chi connectivity index (χ0) is 13.2. The van der Waals surface area contributed by atoms with E-state index < -0.39 is 0 Å². The molecular formula is C13H13BrN2O3. The van der Waals surface area contributed by atoms with Gasteiger partial charge in [0.25, 0.3) is 0 Å². The van der Waals surface area contributed by atoms with Crippen molar-refractivity contribution in [2.24, 2.45) is 0 Å². The molecule has 0 unspecified atom stereocenters. The van der Waals surface area contributed by atoms with E-state index in [1.54, 1.807) is 0 Å². The van der Waals surface area contributed by atoms with Crippen LogP contribution in [0.4, 0.5) is 0 Å². The number of halogens is 1. The third-order valence-electron chi connectivity index (χ3n) is 2.91. The fourth-order valence-corrected chi connectivity index (χ4v) is 2.47. The Morgan fingerprint density at radius 1 is 1.26 bits per heavy atom. The molecule has 0 saturated heterocycles. The maximum absolute atomic E-state index is 8.98. The zero-order valence-corrected chi connectivity index (χ0v) is 11.7. The molecule has 0 radical (unpaired) electrons. The molecule has 0 atom stereocenters. The second kappa shape index (κ2) is 5.22. The number of rotatable bonds is 3. The summed E-state index contributed by atoms with van der Waals surface area (Å²) in [7, 11) is 0. The molecule has 0 aliphatic carbocycles. The Balaban J connectivity index is 1.95. The minimum absolute atomic E-state index is 0.0847. The van der Waals surface area contributed by atoms with Crippen molar-refractivity contribution in [3.05, 3.63) is 28.5 Å². The average molecular weight is 325 g/mol. The second-order valence-electron chi connectivity index (χ2n) is 4.19. The molecule has 6 heteroatoms. The predicted octanol–water partition coefficient (Wildman–Crippen LogP) is 2.15. The molecule has 0 saturated carbocycles. The Hall–Kier alpha value is -1.53. The number of H-pyrrole nitrogens is 1. The minimum atomic E-state index is 0.0847. The third kappa shape index (κ3) is 2.46. The lowest BCUT2D eigenvalue weighted by atomic mass is 10.2. The number of nitrogens with zero attached hydrogens (tertiary/aromatic N) is 1. The quantitative estimate of drug-likeness (QED) is 0.907. The lowest BCUT2D eigenvalue weighted by Gasteiger charge is -2.18. The van der Waals surface area contributed by atoms with Gasteiger partial charge in [0, 0.05) is 18.6 Å². The molecule has 1 aliphatic heterocycles. The summed E-state index contributed by atoms with van der Waals surface area (Å²) in [5.41, 5.74) is 1.81. The minimum Gasteiger partial charge on any atom is -0.486 e. The highest BCUT2D eigenvalue weighted by Crippen LogP contribution is 2.34. The van der Waals surface area contributed by atoms with Gasteiger partial charge in [-0.2, -0.15) is 0 Å². The van der Waals surface area contributed by atoms with Gasteiger partial charge in [-0.15, -0.1) is 0 Å². The Morgan fingerprint density at radius 2 is 2.05 bits per heavy atom. The van der Waals surface area contributed by atoms with E-state index in [0.29, 0.717) is 19.6 Å². The van der Waals surface area contributed by atoms with Crippen LogP contribution in [0.5, 0.6) is 11.5 Å². The Bertz CT molecular complexity index is 598. The summed E-state index contributed by atoms with van der Waals surface area (Å²) in [6.45, 7) is 1.23. The molecule has 0 amide bonds. The van der Waals surface area contributed by atoms with Crippen molar-refractivity contribution in [2.45, 2.75) is 6.42 Å². The summed E-state index contributed by atoms with van der Waals surface area (Å²) < 4.78 is 11.8. The first-order valence-electron chi connectivity index (χ1n) is 6.03. The summed E-state index contributed by atoms with van der Waals surface area (Å²) in [5, 5.41) is 8.98. The van der Waals surface area contributed by atoms with Crippen molar-refractivity contribution in [3.8, 4) is 22.9 Å². The average Bonchev–Trinajstić information content (AvgIpc) is 2.80. The molecule has 2 heterocycles. The fourth-order valence-electron chi connectivity index (χ4n) is 1.99. The highest BCUT2D eigenvalue weighted by atomic mass is 79.9. The van der Waals surface area contributed by atoms with Gasteiger partial charge in [0.2, 0.25) is 0 Å². The third-order valence-corrected chi connectivity index (χ3v) is 3.56. The number of hydrogen-bond donors (Lipinski definition) is 2. The van der Waals surface area contributed by atoms with Gasteiger partial charge < -0.3 is 19.6 Å². The van der Waals surface area contributed by atoms with Gasteiger partial charge in [0.05, 0.1) is 5.69 Å². The molecule has 2 N–H and O–H groups in total. The number of aliphatic hydroxyl groups is 1. The van der Waals surface area contributed by atoms with Gasteiger partial charge in [0.1, 0.15) is 23.6 Å². The number of ether oxygens (including phenoxy) is 2. The molecule has 19 heavy (non-hydrogen) atoms. The van der Waals surface area contributed by atoms with Crippen LogP contribution in [0, 0.1) is 0 Å². The van der Waals surface area contributed by atoms with Crippen LogP contribution in [0.2, 0.25) is 0 Å². The number of aromatic amines is 1. The summed E-state index contributed by atoms with van der Waals surface area (Å²) in [6.07, 6.45) is 0.540. The molecular weight excluding hydrogens is 312 g/mol. The van der Waals surface area contributed by atoms with Gasteiger partial charge in [0.15, 0.2) is 11.5 Å². The van der Waals surface area contributed by atoms with Crippen molar-refractivity contribution in [3.63, 3.8) is 0 Å². The summed E-state index contributed by atoms with van der Waals surface area (Å²) in [4.78, 5) is 7.59. The van der Waals surface area contributed by atoms with Crippen LogP contribution in [0.15, 0.2) is 22.8 Å². The van der Waals surface area contributed by atoms with Crippen LogP contribution < -0.4 is 9.47 Å². The van der Waals surface area contributed by atoms with Crippen molar-refractivity contribution >= 4 is 15.9 Å². The van der Waals surface area contributed by atoms with E-state index in [2.05, 4.69) is 25.9 Å². The van der Waals surface area contributed by atoms with Crippen molar-refractivity contribution < 1.29 is 14.6 Å². The first kappa shape index (κ1) is 12.5. The first-order valence-corrected chi connectivity index (χ1v) is 6.82. The molecule has 3 rings (SSSR count). The monoisotopic (exact) mass is 324 g/mol. The van der Waals surface area contributed by atoms with Gasteiger partial charge in [-0.3, -0.25) is 0 Å². The van der Waals surface area contributed by atoms with Crippen LogP contribution in [0.1, 0.15) is 5.69 Å². The number of benzene rings is 1. The van der Waals surface area contributed by atoms with E-state index in [4.69, 9.17) is 14.6 Å². The van der Waals surface area contributed by atoms with Gasteiger partial charge in [-0.25, -0.2) is 4.98 Å². The van der Waals surface area contributed by atoms with E-state index in [1.807, 2.05) is 18.2 Å². The summed E-state index contributed by atoms with van der Waals surface area (Å²) in [6, 6.07) is 5.72. The lowest BCUT2D eigenvalue weighted by molar-refractivity contribution is 0.171. The second-order valence-corrected chi connectivity index (χ2v) is 4.94. The summed E-state index contributed by atoms with van der Waals surface area (Å²) in [5.74, 6) is 2.24. The van der Waals surface area contributed by atoms with E-state index in [0.717, 1.165) is 33.2 Å². The maximum atomic E-state index is 8.98. The SMILES string of the molecule is OCCc1[nH]c(-c2ccc3c(c2)OCCO3)nc1Br. The smallest absolute Gasteiger partial charge is 0.162 e. The van der Waals surface area contributed by atoms with Crippen molar-refractivity contribution in [1.82, 2.24) is 9.97 Å². The summed E-state index contributed by atoms with van der Waals surface area (Å²) >= 11 is 3.38. The van der Waals surface area contributed by atoms with E-state index in [9.17, 15) is 0 Å². The molecule has 1 aromatic heterocycles. The topological polar surface area (TPSA) is 67.4 Å². The predicted molar refractivity (Wildman–Crippen MR) is 73.5 cm³/mol. The molecule has 2 aromatic rings. The van der Waals surface area contributed by atoms with Crippen molar-refractivity contribution in [1.29, 1.82) is 0 Å². The van der Waals surface area contributed by atoms with E-state index >= 15 is 0 Å². The lowest BCUT2D eigenvalue weighted by Crippen LogP contribution is -2.15. The zero-order valence-electron chi connectivity index (χ0n) is 10.1. The van der Waals surface area contributed by atoms with E-state index in [-0.39, 0.29) is 6.61 Å². The highest BCUT2D eigenvalue weighted by molar-refractivity contribution is 9.10. The first-order chi connectivity index (χ1) is 9.28. The van der Waals surface area contributed by atoms with Gasteiger partial charge in [-0.1, -0.05) is 0 Å². The molecule has 0 fully saturated rings. The van der Waals surface area contributed by atoms with Crippen molar-refractivity contribution in [2.75, 3.05) is 19.8 Å². The maximum Gasteiger partial charge on any atom is 0.162 e. The Kier molecular flexibility index (Phi) is 3.44. The molecule has 5 nitrogen and oxygen atoms in total. The number of fused-ring (bicyclic) bond motifs is 1. The largest absolute Gasteiger partial charge is 0.486 e. The normalized spacial score (nSPS) is 13.6. The number of hydrogen-bond acceptors (Lipinski definition) is 4. The van der Waals surface area contributed by atoms with Crippen LogP contribution in [-0.2, 0) is 6.42 Å². The fraction of sp³-hybridized carbons (Fsp3) is 0.308. The number of imidazole rings is 1.